The van der Waals surface area contributed by atoms with E-state index in [4.69, 9.17) is 23.7 Å². The van der Waals surface area contributed by atoms with Crippen molar-refractivity contribution in [2.45, 2.75) is 183 Å². The second-order valence-electron chi connectivity index (χ2n) is 19.5. The molecular weight excluding hydrogens is 1180 g/mol. The van der Waals surface area contributed by atoms with Crippen LogP contribution in [0.1, 0.15) is 97.1 Å². The zero-order valence-electron chi connectivity index (χ0n) is 45.7. The van der Waals surface area contributed by atoms with Gasteiger partial charge in [0.1, 0.15) is 54.0 Å². The second kappa shape index (κ2) is 35.8. The van der Waals surface area contributed by atoms with Crippen LogP contribution in [0, 0.1) is 17.8 Å². The Labute approximate surface area is 552 Å². The van der Waals surface area contributed by atoms with Crippen molar-refractivity contribution in [3.05, 3.63) is 11.9 Å². The molecule has 3 heterocycles. The Kier molecular flexibility index (Phi) is 35.3. The molecule has 7 N–H and O–H groups in total. The predicted molar refractivity (Wildman–Crippen MR) is 244 cm³/mol. The number of nitrogens with zero attached hydrogens (tertiary/aromatic N) is 3. The smallest absolute Gasteiger partial charge is 0.726 e. The molecule has 38 heteroatoms. The number of aliphatic hydroxyl groups excluding tert-OH is 5. The summed E-state index contributed by atoms with van der Waals surface area (Å²) in [6, 6.07) is -1.44. The van der Waals surface area contributed by atoms with Gasteiger partial charge in [-0.15, -0.1) is 5.10 Å². The number of aliphatic hydroxyl groups is 5. The molecule has 0 spiro atoms. The summed E-state index contributed by atoms with van der Waals surface area (Å²) in [6.45, 7) is -0.892. The molecule has 0 aromatic carbocycles. The fourth-order valence-corrected chi connectivity index (χ4v) is 11.0. The Morgan fingerprint density at radius 1 is 0.825 bits per heavy atom. The minimum Gasteiger partial charge on any atom is -0.726 e. The van der Waals surface area contributed by atoms with Crippen molar-refractivity contribution in [3.63, 3.8) is 0 Å². The maximum atomic E-state index is 14.1. The van der Waals surface area contributed by atoms with Crippen molar-refractivity contribution in [2.75, 3.05) is 33.0 Å². The molecule has 31 nitrogen and oxygen atoms in total. The minimum absolute atomic E-state index is 0. The van der Waals surface area contributed by atoms with Gasteiger partial charge in [0, 0.05) is 25.8 Å². The number of carbonyl (C=O) groups is 3. The molecule has 4 fully saturated rings. The van der Waals surface area contributed by atoms with Crippen molar-refractivity contribution in [1.82, 2.24) is 25.6 Å². The molecule has 0 bridgehead atoms. The number of ketones is 1. The normalized spacial score (nSPS) is 30.1. The van der Waals surface area contributed by atoms with Crippen LogP contribution in [0.3, 0.4) is 0 Å². The van der Waals surface area contributed by atoms with E-state index in [1.807, 2.05) is 0 Å². The van der Waals surface area contributed by atoms with Gasteiger partial charge in [-0.05, 0) is 51.0 Å². The van der Waals surface area contributed by atoms with E-state index >= 15 is 0 Å². The fourth-order valence-electron chi connectivity index (χ4n) is 9.91. The van der Waals surface area contributed by atoms with Gasteiger partial charge in [-0.3, -0.25) is 22.1 Å². The van der Waals surface area contributed by atoms with Gasteiger partial charge in [0.05, 0.1) is 68.7 Å². The number of nitrogens with one attached hydrogen (secondary N) is 2. The first kappa shape index (κ1) is 78.9. The molecule has 0 radical (unpaired) electrons. The third kappa shape index (κ3) is 24.1. The molecule has 2 aliphatic carbocycles. The second-order valence-corrected chi connectivity index (χ2v) is 22.7. The average Bonchev–Trinajstić information content (AvgIpc) is 3.82. The first-order valence-electron chi connectivity index (χ1n) is 24.6. The zero-order chi connectivity index (χ0) is 56.3. The summed E-state index contributed by atoms with van der Waals surface area (Å²) >= 11 is 0. The summed E-state index contributed by atoms with van der Waals surface area (Å²) in [5, 5.41) is 79.6. The van der Waals surface area contributed by atoms with E-state index in [0.29, 0.717) is 11.1 Å². The van der Waals surface area contributed by atoms with E-state index in [0.717, 1.165) is 45.2 Å². The molecule has 80 heavy (non-hydrogen) atoms. The van der Waals surface area contributed by atoms with Crippen LogP contribution in [-0.4, -0.2) is 210 Å². The van der Waals surface area contributed by atoms with E-state index < -0.39 is 167 Å². The number of aromatic nitrogens is 3. The summed E-state index contributed by atoms with van der Waals surface area (Å²) in [4.78, 5) is 39.5. The number of rotatable bonds is 29. The van der Waals surface area contributed by atoms with Crippen LogP contribution in [0.5, 0.6) is 0 Å². The molecule has 1 aromatic heterocycles. The SMILES string of the molecule is CCC1CC(C(=O)CCCNCc2cn(C(COS(=O)(=O)[O-])(COS(=O)(=O)[O-])COS(=O)(=O)[O-])nn2)C[C@@H](O[C@@H]2O[C@@H](CO)[C@H](O)C(O[C@@H](CC3CCCCC3)C(=O)[O-])C2NC(C)=O)[C@@H]1O[C@@H]1OC(C)[C@@H](O)[C@H](O)C1O.[Na+].[Na+].[Na+].[Na+]. The van der Waals surface area contributed by atoms with Gasteiger partial charge in [0.15, 0.2) is 12.6 Å². The summed E-state index contributed by atoms with van der Waals surface area (Å²) < 4.78 is 146. The third-order valence-electron chi connectivity index (χ3n) is 13.9. The summed E-state index contributed by atoms with van der Waals surface area (Å²) in [5.74, 6) is -3.86. The maximum absolute atomic E-state index is 14.1. The molecule has 5 rings (SSSR count). The summed E-state index contributed by atoms with van der Waals surface area (Å²) in [6.07, 6.45) is -11.9. The third-order valence-corrected chi connectivity index (χ3v) is 15.1. The predicted octanol–water partition coefficient (Wildman–Crippen LogP) is -17.1. The number of hydrogen-bond donors (Lipinski definition) is 7. The van der Waals surface area contributed by atoms with Gasteiger partial charge in [-0.2, -0.15) is 0 Å². The van der Waals surface area contributed by atoms with E-state index in [-0.39, 0.29) is 181 Å². The standard InChI is InChI=1S/C42H71N5O26S3.4Na/c1-4-25-14-26(28(50)11-8-12-43-16-27-17-47(46-45-27)42(19-66-74(57,58)59,20-67-75(60,61)62)21-68-76(63,64)65)15-29(37(25)73-41-36(54)35(53)33(51)22(2)69-41)71-40-32(44-23(3)49)38(34(52)31(18-48)72-40)70-30(39(55)56)13-24-9-6-5-7-10-24;;;;/h17,22,24-26,29-38,40-41,43,48,51-54H,4-16,18-21H2,1-3H3,(H,44,49)(H,55,56)(H,57,58,59)(H,60,61,62)(H,63,64,65);;;;/q;4*+1/p-4/t22?,25?,26?,29-,30+,31+,32?,33-,34+,35+,36?,37-,38?,40-,41+;;;;/m1..../s1. The van der Waals surface area contributed by atoms with E-state index in [2.05, 4.69) is 33.5 Å². The van der Waals surface area contributed by atoms with Gasteiger partial charge < -0.3 is 83.4 Å². The monoisotopic (exact) mass is 1250 g/mol. The number of carbonyl (C=O) groups excluding carboxylic acids is 3. The van der Waals surface area contributed by atoms with Crippen LogP contribution >= 0.6 is 0 Å². The molecule has 2 saturated heterocycles. The Morgan fingerprint density at radius 2 is 1.41 bits per heavy atom. The van der Waals surface area contributed by atoms with Crippen LogP contribution in [0.15, 0.2) is 6.20 Å². The number of carboxylic acids is 1. The number of aliphatic carboxylic acids is 1. The zero-order valence-corrected chi connectivity index (χ0v) is 56.2. The quantitative estimate of drug-likeness (QED) is 0.0169. The van der Waals surface area contributed by atoms with Gasteiger partial charge in [0.2, 0.25) is 37.1 Å². The molecule has 15 atom stereocenters. The van der Waals surface area contributed by atoms with Crippen LogP contribution < -0.4 is 134 Å². The number of Topliss-reactive ketones (excluding diaryl/α,β-unsaturated/α-hetero) is 1. The molecular formula is C42H67N5Na4O26S3. The molecule has 438 valence electrons. The molecule has 6 unspecified atom stereocenters. The van der Waals surface area contributed by atoms with Crippen LogP contribution in [0.25, 0.3) is 0 Å². The van der Waals surface area contributed by atoms with Crippen molar-refractivity contribution in [1.29, 1.82) is 0 Å². The van der Waals surface area contributed by atoms with Gasteiger partial charge >= 0.3 is 118 Å². The van der Waals surface area contributed by atoms with Crippen molar-refractivity contribution >= 4 is 48.9 Å². The number of amides is 1. The van der Waals surface area contributed by atoms with E-state index in [9.17, 15) is 83.9 Å². The first-order chi connectivity index (χ1) is 35.5. The molecule has 2 saturated carbocycles. The molecule has 1 amide bonds. The van der Waals surface area contributed by atoms with E-state index in [1.165, 1.54) is 6.92 Å². The molecule has 1 aromatic rings. The minimum atomic E-state index is -5.58. The topological polar surface area (TPSA) is 476 Å². The summed E-state index contributed by atoms with van der Waals surface area (Å²) in [7, 11) is -16.7. The van der Waals surface area contributed by atoms with Crippen molar-refractivity contribution in [2.24, 2.45) is 17.8 Å². The summed E-state index contributed by atoms with van der Waals surface area (Å²) in [5.41, 5.74) is -2.61. The van der Waals surface area contributed by atoms with Crippen molar-refractivity contribution in [3.8, 4) is 0 Å². The fraction of sp³-hybridized carbons (Fsp3) is 0.881. The van der Waals surface area contributed by atoms with Gasteiger partial charge in [0.25, 0.3) is 0 Å². The van der Waals surface area contributed by atoms with Gasteiger partial charge in [-0.25, -0.2) is 29.9 Å². The molecule has 4 aliphatic rings. The Morgan fingerprint density at radius 3 is 1.94 bits per heavy atom. The first-order valence-corrected chi connectivity index (χ1v) is 28.6. The largest absolute Gasteiger partial charge is 1.00 e. The van der Waals surface area contributed by atoms with Crippen LogP contribution in [-0.2, 0) is 93.9 Å². The number of ether oxygens (including phenoxy) is 5. The Balaban J connectivity index is 0.00000800. The Bertz CT molecular complexity index is 2330. The van der Waals surface area contributed by atoms with Crippen molar-refractivity contribution < 1.29 is 238 Å². The van der Waals surface area contributed by atoms with Crippen LogP contribution in [0.4, 0.5) is 0 Å². The maximum Gasteiger partial charge on any atom is 1.00 e. The number of carboxylic acid groups (broad SMARTS) is 1. The molecule has 2 aliphatic heterocycles. The average molecular weight is 1250 g/mol. The van der Waals surface area contributed by atoms with E-state index in [1.54, 1.807) is 6.92 Å². The van der Waals surface area contributed by atoms with Gasteiger partial charge in [-0.1, -0.05) is 50.7 Å². The van der Waals surface area contributed by atoms with Crippen LogP contribution in [0.2, 0.25) is 0 Å². The number of hydrogen-bond acceptors (Lipinski definition) is 29. The Hall–Kier alpha value is 0.920.